The number of hydrogen-bond acceptors (Lipinski definition) is 3. The van der Waals surface area contributed by atoms with Crippen LogP contribution in [-0.4, -0.2) is 31.7 Å². The summed E-state index contributed by atoms with van der Waals surface area (Å²) in [5.41, 5.74) is 3.30. The van der Waals surface area contributed by atoms with E-state index in [0.717, 1.165) is 11.3 Å². The summed E-state index contributed by atoms with van der Waals surface area (Å²) < 4.78 is 14.1. The van der Waals surface area contributed by atoms with Crippen LogP contribution in [0.1, 0.15) is 75.9 Å². The maximum absolute atomic E-state index is 12.4. The third-order valence-electron chi connectivity index (χ3n) is 5.38. The molecule has 28 heavy (non-hydrogen) atoms. The van der Waals surface area contributed by atoms with Crippen molar-refractivity contribution >= 4 is 22.8 Å². The summed E-state index contributed by atoms with van der Waals surface area (Å²) in [6.45, 7) is 10.2. The highest BCUT2D eigenvalue weighted by Crippen LogP contribution is 2.32. The molecule has 0 bridgehead atoms. The van der Waals surface area contributed by atoms with Gasteiger partial charge in [-0.3, -0.25) is 9.00 Å². The zero-order valence-electron chi connectivity index (χ0n) is 17.8. The molecule has 1 aliphatic rings. The van der Waals surface area contributed by atoms with Crippen molar-refractivity contribution in [1.82, 2.24) is 9.88 Å². The highest BCUT2D eigenvalue weighted by molar-refractivity contribution is 7.86. The van der Waals surface area contributed by atoms with Crippen LogP contribution >= 0.6 is 0 Å². The summed E-state index contributed by atoms with van der Waals surface area (Å²) in [6.07, 6.45) is 7.88. The molecule has 1 unspecified atom stereocenters. The number of hydrogen-bond donors (Lipinski definition) is 1. The van der Waals surface area contributed by atoms with E-state index in [1.54, 1.807) is 6.08 Å². The molecule has 0 radical (unpaired) electrons. The first-order chi connectivity index (χ1) is 13.1. The molecule has 0 aromatic carbocycles. The number of aryl methyl sites for hydroxylation is 1. The maximum atomic E-state index is 12.4. The van der Waals surface area contributed by atoms with Crippen LogP contribution in [-0.2, 0) is 15.6 Å². The van der Waals surface area contributed by atoms with E-state index in [1.165, 1.54) is 37.8 Å². The molecule has 0 saturated heterocycles. The van der Waals surface area contributed by atoms with Gasteiger partial charge in [0, 0.05) is 45.3 Å². The van der Waals surface area contributed by atoms with E-state index in [4.69, 9.17) is 0 Å². The molecule has 154 valence electrons. The first-order valence-corrected chi connectivity index (χ1v) is 11.4. The van der Waals surface area contributed by atoms with Crippen LogP contribution in [0.5, 0.6) is 0 Å². The monoisotopic (exact) mass is 403 g/mol. The van der Waals surface area contributed by atoms with Gasteiger partial charge in [0.25, 0.3) is 5.91 Å². The average Bonchev–Trinajstić information content (AvgIpc) is 2.92. The van der Waals surface area contributed by atoms with E-state index in [9.17, 15) is 14.3 Å². The standard InChI is InChI=1S/C22H33N3O2S/c1-16-13-18(17(2)25(16)20-9-7-6-8-10-20)14-19(15-23)21(26)24-11-12-28(27)22(3,4)5/h13-14,20H,6-12H2,1-5H3,(H,24,26)/b19-14-. The number of nitriles is 1. The molecule has 0 aliphatic heterocycles. The normalized spacial score (nSPS) is 17.2. The predicted octanol–water partition coefficient (Wildman–Crippen LogP) is 4.18. The third kappa shape index (κ3) is 5.57. The molecule has 0 spiro atoms. The fraction of sp³-hybridized carbons (Fsp3) is 0.636. The molecular weight excluding hydrogens is 370 g/mol. The van der Waals surface area contributed by atoms with Gasteiger partial charge in [-0.1, -0.05) is 19.3 Å². The van der Waals surface area contributed by atoms with Gasteiger partial charge in [0.05, 0.1) is 0 Å². The van der Waals surface area contributed by atoms with Crippen LogP contribution in [0.3, 0.4) is 0 Å². The number of amides is 1. The van der Waals surface area contributed by atoms with Crippen molar-refractivity contribution in [3.63, 3.8) is 0 Å². The largest absolute Gasteiger partial charge is 0.350 e. The lowest BCUT2D eigenvalue weighted by Crippen LogP contribution is -2.33. The van der Waals surface area contributed by atoms with E-state index >= 15 is 0 Å². The van der Waals surface area contributed by atoms with Crippen molar-refractivity contribution < 1.29 is 9.00 Å². The first-order valence-electron chi connectivity index (χ1n) is 10.1. The molecule has 1 fully saturated rings. The SMILES string of the molecule is Cc1cc(/C=C(/C#N)C(=O)NCCS(=O)C(C)(C)C)c(C)n1C1CCCCC1. The Morgan fingerprint density at radius 2 is 1.96 bits per heavy atom. The molecular formula is C22H33N3O2S. The summed E-state index contributed by atoms with van der Waals surface area (Å²) in [5, 5.41) is 12.2. The van der Waals surface area contributed by atoms with Crippen LogP contribution in [0.4, 0.5) is 0 Å². The van der Waals surface area contributed by atoms with Gasteiger partial charge in [0.1, 0.15) is 11.6 Å². The van der Waals surface area contributed by atoms with Gasteiger partial charge in [-0.2, -0.15) is 5.26 Å². The topological polar surface area (TPSA) is 74.9 Å². The molecule has 2 rings (SSSR count). The van der Waals surface area contributed by atoms with Crippen LogP contribution in [0.15, 0.2) is 11.6 Å². The highest BCUT2D eigenvalue weighted by atomic mass is 32.2. The van der Waals surface area contributed by atoms with E-state index < -0.39 is 16.7 Å². The number of nitrogens with one attached hydrogen (secondary N) is 1. The smallest absolute Gasteiger partial charge is 0.261 e. The second-order valence-electron chi connectivity index (χ2n) is 8.58. The Bertz CT molecular complexity index is 803. The molecule has 1 saturated carbocycles. The number of rotatable bonds is 6. The van der Waals surface area contributed by atoms with E-state index in [0.29, 0.717) is 18.3 Å². The van der Waals surface area contributed by atoms with Crippen LogP contribution < -0.4 is 5.32 Å². The Kier molecular flexibility index (Phi) is 7.65. The van der Waals surface area contributed by atoms with E-state index in [1.807, 2.05) is 26.8 Å². The molecule has 1 aliphatic carbocycles. The average molecular weight is 404 g/mol. The Labute approximate surface area is 171 Å². The van der Waals surface area contributed by atoms with Crippen molar-refractivity contribution in [2.24, 2.45) is 0 Å². The van der Waals surface area contributed by atoms with Gasteiger partial charge in [-0.05, 0) is 65.2 Å². The maximum Gasteiger partial charge on any atom is 0.261 e. The molecule has 5 nitrogen and oxygen atoms in total. The summed E-state index contributed by atoms with van der Waals surface area (Å²) in [7, 11) is -1.03. The quantitative estimate of drug-likeness (QED) is 0.572. The van der Waals surface area contributed by atoms with Crippen LogP contribution in [0.25, 0.3) is 6.08 Å². The molecule has 1 atom stereocenters. The van der Waals surface area contributed by atoms with Crippen molar-refractivity contribution in [2.75, 3.05) is 12.3 Å². The van der Waals surface area contributed by atoms with Gasteiger partial charge in [0.2, 0.25) is 0 Å². The molecule has 1 heterocycles. The second kappa shape index (κ2) is 9.56. The minimum Gasteiger partial charge on any atom is -0.350 e. The Balaban J connectivity index is 2.10. The number of nitrogens with zero attached hydrogens (tertiary/aromatic N) is 2. The van der Waals surface area contributed by atoms with Gasteiger partial charge >= 0.3 is 0 Å². The number of aromatic nitrogens is 1. The Morgan fingerprint density at radius 1 is 1.32 bits per heavy atom. The minimum absolute atomic E-state index is 0.0884. The summed E-state index contributed by atoms with van der Waals surface area (Å²) in [4.78, 5) is 12.4. The molecule has 1 aromatic rings. The van der Waals surface area contributed by atoms with Crippen molar-refractivity contribution in [3.8, 4) is 6.07 Å². The second-order valence-corrected chi connectivity index (χ2v) is 10.9. The molecule has 1 amide bonds. The van der Waals surface area contributed by atoms with E-state index in [2.05, 4.69) is 29.8 Å². The molecule has 1 N–H and O–H groups in total. The van der Waals surface area contributed by atoms with Crippen molar-refractivity contribution in [2.45, 2.75) is 77.5 Å². The number of carbonyl (C=O) groups excluding carboxylic acids is 1. The predicted molar refractivity (Wildman–Crippen MR) is 115 cm³/mol. The summed E-state index contributed by atoms with van der Waals surface area (Å²) in [5.74, 6) is -0.0275. The lowest BCUT2D eigenvalue weighted by molar-refractivity contribution is -0.116. The minimum atomic E-state index is -1.03. The van der Waals surface area contributed by atoms with Crippen molar-refractivity contribution in [1.29, 1.82) is 5.26 Å². The van der Waals surface area contributed by atoms with Crippen LogP contribution in [0.2, 0.25) is 0 Å². The van der Waals surface area contributed by atoms with Crippen LogP contribution in [0, 0.1) is 25.2 Å². The molecule has 6 heteroatoms. The summed E-state index contributed by atoms with van der Waals surface area (Å²) in [6, 6.07) is 4.59. The molecule has 1 aromatic heterocycles. The zero-order valence-corrected chi connectivity index (χ0v) is 18.6. The Hall–Kier alpha value is -1.87. The fourth-order valence-electron chi connectivity index (χ4n) is 3.81. The zero-order chi connectivity index (χ0) is 20.9. The fourth-order valence-corrected chi connectivity index (χ4v) is 4.71. The van der Waals surface area contributed by atoms with Gasteiger partial charge < -0.3 is 9.88 Å². The Morgan fingerprint density at radius 3 is 2.54 bits per heavy atom. The highest BCUT2D eigenvalue weighted by Gasteiger charge is 2.21. The first kappa shape index (κ1) is 22.4. The third-order valence-corrected chi connectivity index (χ3v) is 7.33. The lowest BCUT2D eigenvalue weighted by Gasteiger charge is -2.26. The summed E-state index contributed by atoms with van der Waals surface area (Å²) >= 11 is 0. The van der Waals surface area contributed by atoms with E-state index in [-0.39, 0.29) is 10.3 Å². The lowest BCUT2D eigenvalue weighted by atomic mass is 9.95. The van der Waals surface area contributed by atoms with Gasteiger partial charge in [-0.15, -0.1) is 0 Å². The van der Waals surface area contributed by atoms with Crippen molar-refractivity contribution in [3.05, 3.63) is 28.6 Å². The van der Waals surface area contributed by atoms with Gasteiger partial charge in [-0.25, -0.2) is 0 Å². The van der Waals surface area contributed by atoms with Gasteiger partial charge in [0.15, 0.2) is 0 Å². The number of carbonyl (C=O) groups is 1.